The summed E-state index contributed by atoms with van der Waals surface area (Å²) in [6.45, 7) is 28.8. The highest BCUT2D eigenvalue weighted by Crippen LogP contribution is 2.21. The van der Waals surface area contributed by atoms with Gasteiger partial charge < -0.3 is 0 Å². The first-order valence-corrected chi connectivity index (χ1v) is 27.4. The van der Waals surface area contributed by atoms with E-state index in [-0.39, 0.29) is 0 Å². The van der Waals surface area contributed by atoms with Crippen molar-refractivity contribution in [1.29, 1.82) is 0 Å². The lowest BCUT2D eigenvalue weighted by Crippen LogP contribution is -2.48. The van der Waals surface area contributed by atoms with Crippen LogP contribution in [0.3, 0.4) is 0 Å². The maximum atomic E-state index is 6.33. The molecule has 0 aliphatic heterocycles. The fraction of sp³-hybridized carbons (Fsp3) is 0.500. The van der Waals surface area contributed by atoms with Crippen molar-refractivity contribution in [2.75, 3.05) is 0 Å². The smallest absolute Gasteiger partial charge is 0.0656 e. The van der Waals surface area contributed by atoms with E-state index in [1.54, 1.807) is 20.7 Å². The molecule has 0 saturated heterocycles. The SMILES string of the molecule is C[Si](C)(C)c1cc([P](=S)c2cc([Si](C)(C)C)cc([Si](C)(C)C)c2)cc([Si](C)(C)C)c1. The van der Waals surface area contributed by atoms with Crippen molar-refractivity contribution < 1.29 is 0 Å². The molecule has 0 unspecified atom stereocenters. The second kappa shape index (κ2) is 8.64. The van der Waals surface area contributed by atoms with Gasteiger partial charge in [-0.15, -0.1) is 0 Å². The van der Waals surface area contributed by atoms with Gasteiger partial charge in [0.05, 0.1) is 32.3 Å². The van der Waals surface area contributed by atoms with E-state index in [0.29, 0.717) is 0 Å². The van der Waals surface area contributed by atoms with Crippen molar-refractivity contribution >= 4 is 82.2 Å². The summed E-state index contributed by atoms with van der Waals surface area (Å²) < 4.78 is 0. The molecule has 0 spiro atoms. The second-order valence-corrected chi connectivity index (χ2v) is 35.9. The van der Waals surface area contributed by atoms with Gasteiger partial charge >= 0.3 is 0 Å². The van der Waals surface area contributed by atoms with Crippen LogP contribution in [0, 0.1) is 0 Å². The van der Waals surface area contributed by atoms with Gasteiger partial charge in [-0.25, -0.2) is 0 Å². The topological polar surface area (TPSA) is 0 Å². The molecule has 2 aromatic rings. The molecule has 0 aliphatic carbocycles. The monoisotopic (exact) mass is 505 g/mol. The quantitative estimate of drug-likeness (QED) is 0.403. The summed E-state index contributed by atoms with van der Waals surface area (Å²) in [5, 5.41) is 9.10. The highest BCUT2D eigenvalue weighted by atomic mass is 32.4. The van der Waals surface area contributed by atoms with E-state index in [2.05, 4.69) is 115 Å². The maximum absolute atomic E-state index is 6.33. The standard InChI is InChI=1S/C24H42PSSi4/c1-27(2,3)21-13-19(14-22(17-21)28(4,5)6)25(26)20-15-23(29(7,8)9)18-24(16-20)30(10,11)12/h13-18H,1-12H3. The molecular weight excluding hydrogens is 464 g/mol. The molecule has 0 N–H and O–H groups in total. The van der Waals surface area contributed by atoms with Crippen molar-refractivity contribution in [3.8, 4) is 0 Å². The van der Waals surface area contributed by atoms with E-state index < -0.39 is 39.0 Å². The van der Waals surface area contributed by atoms with Crippen molar-refractivity contribution in [2.45, 2.75) is 78.6 Å². The van der Waals surface area contributed by atoms with Crippen molar-refractivity contribution in [3.63, 3.8) is 0 Å². The van der Waals surface area contributed by atoms with E-state index in [9.17, 15) is 0 Å². The summed E-state index contributed by atoms with van der Waals surface area (Å²) in [6.07, 6.45) is 0. The molecule has 6 heteroatoms. The van der Waals surface area contributed by atoms with Gasteiger partial charge in [-0.05, 0) is 6.70 Å². The first-order valence-electron chi connectivity index (χ1n) is 11.1. The van der Waals surface area contributed by atoms with Gasteiger partial charge in [0.15, 0.2) is 0 Å². The van der Waals surface area contributed by atoms with Crippen molar-refractivity contribution in [3.05, 3.63) is 36.4 Å². The highest BCUT2D eigenvalue weighted by Gasteiger charge is 2.26. The van der Waals surface area contributed by atoms with Crippen LogP contribution in [0.1, 0.15) is 0 Å². The van der Waals surface area contributed by atoms with Gasteiger partial charge in [-0.1, -0.05) is 148 Å². The summed E-state index contributed by atoms with van der Waals surface area (Å²) in [6, 6.07) is 14.9. The molecule has 0 fully saturated rings. The minimum atomic E-state index is -1.40. The van der Waals surface area contributed by atoms with Gasteiger partial charge in [0, 0.05) is 10.6 Å². The number of benzene rings is 2. The Morgan fingerprint density at radius 2 is 0.633 bits per heavy atom. The van der Waals surface area contributed by atoms with Gasteiger partial charge in [0.25, 0.3) is 0 Å². The van der Waals surface area contributed by atoms with Crippen molar-refractivity contribution in [1.82, 2.24) is 0 Å². The van der Waals surface area contributed by atoms with Gasteiger partial charge in [0.1, 0.15) is 0 Å². The van der Waals surface area contributed by atoms with Crippen LogP contribution in [0.4, 0.5) is 0 Å². The van der Waals surface area contributed by atoms with E-state index in [1.807, 2.05) is 0 Å². The fourth-order valence-corrected chi connectivity index (χ4v) is 10.8. The van der Waals surface area contributed by atoms with Crippen LogP contribution in [0.15, 0.2) is 36.4 Å². The molecule has 0 atom stereocenters. The van der Waals surface area contributed by atoms with Crippen LogP contribution >= 0.6 is 6.70 Å². The zero-order valence-corrected chi connectivity index (χ0v) is 27.0. The first-order chi connectivity index (χ1) is 13.3. The zero-order valence-electron chi connectivity index (χ0n) is 21.3. The molecule has 0 amide bonds. The Bertz CT molecular complexity index is 813. The number of hydrogen-bond acceptors (Lipinski definition) is 1. The van der Waals surface area contributed by atoms with Crippen LogP contribution in [0.5, 0.6) is 0 Å². The average Bonchev–Trinajstić information content (AvgIpc) is 2.57. The number of rotatable bonds is 6. The lowest BCUT2D eigenvalue weighted by Gasteiger charge is -2.26. The largest absolute Gasteiger partial charge is 0.0776 e. The predicted molar refractivity (Wildman–Crippen MR) is 158 cm³/mol. The third-order valence-corrected chi connectivity index (χ3v) is 16.6. The average molecular weight is 506 g/mol. The van der Waals surface area contributed by atoms with E-state index >= 15 is 0 Å². The third-order valence-electron chi connectivity index (χ3n) is 5.77. The molecule has 2 aromatic carbocycles. The Hall–Kier alpha value is -0.172. The molecule has 0 aliphatic rings. The fourth-order valence-electron chi connectivity index (χ4n) is 3.34. The molecule has 0 bridgehead atoms. The van der Waals surface area contributed by atoms with Crippen LogP contribution < -0.4 is 31.4 Å². The molecular formula is C24H42PSSi4. The Morgan fingerprint density at radius 3 is 0.800 bits per heavy atom. The predicted octanol–water partition coefficient (Wildman–Crippen LogP) is 4.76. The van der Waals surface area contributed by atoms with E-state index in [1.165, 1.54) is 10.6 Å². The summed E-state index contributed by atoms with van der Waals surface area (Å²) in [5.74, 6) is 0. The van der Waals surface area contributed by atoms with Gasteiger partial charge in [-0.3, -0.25) is 0 Å². The number of hydrogen-bond donors (Lipinski definition) is 0. The van der Waals surface area contributed by atoms with Crippen LogP contribution in [0.2, 0.25) is 78.6 Å². The summed E-state index contributed by atoms with van der Waals surface area (Å²) >= 11 is 6.33. The Balaban J connectivity index is 2.73. The Labute approximate surface area is 196 Å². The lowest BCUT2D eigenvalue weighted by molar-refractivity contribution is 1.68. The molecule has 0 nitrogen and oxygen atoms in total. The van der Waals surface area contributed by atoms with Crippen molar-refractivity contribution in [2.24, 2.45) is 0 Å². The molecule has 0 saturated carbocycles. The molecule has 0 aromatic heterocycles. The summed E-state index contributed by atoms with van der Waals surface area (Å²) in [7, 11) is -5.61. The molecule has 1 radical (unpaired) electrons. The molecule has 165 valence electrons. The Kier molecular flexibility index (Phi) is 7.51. The third kappa shape index (κ3) is 6.43. The normalized spacial score (nSPS) is 13.5. The highest BCUT2D eigenvalue weighted by molar-refractivity contribution is 8.12. The second-order valence-electron chi connectivity index (χ2n) is 12.8. The Morgan fingerprint density at radius 1 is 0.433 bits per heavy atom. The van der Waals surface area contributed by atoms with E-state index in [4.69, 9.17) is 11.8 Å². The first kappa shape index (κ1) is 26.1. The van der Waals surface area contributed by atoms with Crippen LogP contribution in [-0.4, -0.2) is 32.3 Å². The maximum Gasteiger partial charge on any atom is 0.0776 e. The summed E-state index contributed by atoms with van der Waals surface area (Å²) in [4.78, 5) is 0. The minimum absolute atomic E-state index is 0.752. The molecule has 30 heavy (non-hydrogen) atoms. The molecule has 0 heterocycles. The lowest BCUT2D eigenvalue weighted by atomic mass is 10.3. The van der Waals surface area contributed by atoms with Crippen LogP contribution in [0.25, 0.3) is 0 Å². The van der Waals surface area contributed by atoms with Gasteiger partial charge in [0.2, 0.25) is 0 Å². The zero-order chi connectivity index (χ0) is 23.3. The van der Waals surface area contributed by atoms with E-state index in [0.717, 1.165) is 0 Å². The van der Waals surface area contributed by atoms with Crippen LogP contribution in [-0.2, 0) is 11.8 Å². The summed E-state index contributed by atoms with van der Waals surface area (Å²) in [5.41, 5.74) is 0. The van der Waals surface area contributed by atoms with Gasteiger partial charge in [-0.2, -0.15) is 0 Å². The molecule has 2 rings (SSSR count). The minimum Gasteiger partial charge on any atom is -0.0656 e.